The highest BCUT2D eigenvalue weighted by Crippen LogP contribution is 2.23. The summed E-state index contributed by atoms with van der Waals surface area (Å²) in [6, 6.07) is 15.4. The van der Waals surface area contributed by atoms with Crippen molar-refractivity contribution in [3.63, 3.8) is 0 Å². The van der Waals surface area contributed by atoms with Crippen LogP contribution in [0.15, 0.2) is 48.5 Å². The van der Waals surface area contributed by atoms with Gasteiger partial charge in [0.15, 0.2) is 10.6 Å². The number of aromatic amines is 1. The number of hydrogen-bond acceptors (Lipinski definition) is 4. The first-order chi connectivity index (χ1) is 14.5. The number of carbonyl (C=O) groups is 2. The van der Waals surface area contributed by atoms with Gasteiger partial charge in [-0.1, -0.05) is 23.8 Å². The van der Waals surface area contributed by atoms with Crippen LogP contribution in [0.4, 0.5) is 11.4 Å². The summed E-state index contributed by atoms with van der Waals surface area (Å²) in [6.45, 7) is 3.19. The van der Waals surface area contributed by atoms with Gasteiger partial charge in [-0.05, 0) is 55.9 Å². The van der Waals surface area contributed by atoms with E-state index in [-0.39, 0.29) is 18.2 Å². The van der Waals surface area contributed by atoms with Crippen molar-refractivity contribution in [1.82, 2.24) is 14.8 Å². The Morgan fingerprint density at radius 3 is 2.73 bits per heavy atom. The Bertz CT molecular complexity index is 1130. The number of carbonyl (C=O) groups excluding carboxylic acids is 2. The summed E-state index contributed by atoms with van der Waals surface area (Å²) in [5.41, 5.74) is 3.65. The quantitative estimate of drug-likeness (QED) is 0.588. The molecule has 0 bridgehead atoms. The molecule has 7 nitrogen and oxygen atoms in total. The second-order valence-electron chi connectivity index (χ2n) is 7.37. The molecule has 2 N–H and O–H groups in total. The molecule has 3 aromatic rings. The molecular formula is C22H23N5O2S. The molecule has 0 unspecified atom stereocenters. The maximum absolute atomic E-state index is 12.5. The molecule has 154 valence electrons. The highest BCUT2D eigenvalue weighted by molar-refractivity contribution is 7.71. The summed E-state index contributed by atoms with van der Waals surface area (Å²) in [5.74, 6) is 0.752. The maximum atomic E-state index is 12.5. The zero-order chi connectivity index (χ0) is 21.1. The van der Waals surface area contributed by atoms with Crippen LogP contribution in [-0.4, -0.2) is 33.1 Å². The van der Waals surface area contributed by atoms with Crippen molar-refractivity contribution in [3.8, 4) is 11.4 Å². The Balaban J connectivity index is 1.39. The number of amides is 2. The van der Waals surface area contributed by atoms with Gasteiger partial charge in [-0.25, -0.2) is 0 Å². The van der Waals surface area contributed by atoms with Gasteiger partial charge >= 0.3 is 0 Å². The fourth-order valence-electron chi connectivity index (χ4n) is 3.61. The SMILES string of the molecule is Cc1cccc(-c2n[nH]c(=S)n2CCC(=O)Nc2ccc(N3CCCC3=O)cc2)c1. The van der Waals surface area contributed by atoms with Crippen LogP contribution in [0.2, 0.25) is 0 Å². The molecule has 30 heavy (non-hydrogen) atoms. The van der Waals surface area contributed by atoms with Gasteiger partial charge in [0.05, 0.1) is 0 Å². The van der Waals surface area contributed by atoms with E-state index in [0.29, 0.717) is 23.4 Å². The molecule has 0 aliphatic carbocycles. The summed E-state index contributed by atoms with van der Waals surface area (Å²) < 4.78 is 2.32. The predicted molar refractivity (Wildman–Crippen MR) is 119 cm³/mol. The van der Waals surface area contributed by atoms with Gasteiger partial charge in [0.1, 0.15) is 0 Å². The molecule has 4 rings (SSSR count). The van der Waals surface area contributed by atoms with Crippen molar-refractivity contribution in [2.24, 2.45) is 0 Å². The van der Waals surface area contributed by atoms with Gasteiger partial charge in [0, 0.05) is 42.9 Å². The van der Waals surface area contributed by atoms with Crippen LogP contribution in [0.5, 0.6) is 0 Å². The van der Waals surface area contributed by atoms with E-state index in [1.807, 2.05) is 60.0 Å². The second kappa shape index (κ2) is 8.62. The van der Waals surface area contributed by atoms with Crippen LogP contribution >= 0.6 is 12.2 Å². The molecule has 1 aliphatic heterocycles. The second-order valence-corrected chi connectivity index (χ2v) is 7.75. The van der Waals surface area contributed by atoms with Gasteiger partial charge in [-0.3, -0.25) is 19.3 Å². The summed E-state index contributed by atoms with van der Waals surface area (Å²) in [6.07, 6.45) is 1.75. The van der Waals surface area contributed by atoms with Crippen molar-refractivity contribution in [1.29, 1.82) is 0 Å². The number of rotatable bonds is 6. The van der Waals surface area contributed by atoms with Crippen molar-refractivity contribution in [2.45, 2.75) is 32.7 Å². The van der Waals surface area contributed by atoms with E-state index in [2.05, 4.69) is 15.5 Å². The Morgan fingerprint density at radius 2 is 2.03 bits per heavy atom. The normalized spacial score (nSPS) is 13.6. The first kappa shape index (κ1) is 20.0. The molecule has 0 saturated carbocycles. The molecule has 0 radical (unpaired) electrons. The zero-order valence-corrected chi connectivity index (χ0v) is 17.5. The maximum Gasteiger partial charge on any atom is 0.227 e. The van der Waals surface area contributed by atoms with Gasteiger partial charge < -0.3 is 10.2 Å². The van der Waals surface area contributed by atoms with E-state index in [1.165, 1.54) is 0 Å². The molecule has 2 heterocycles. The highest BCUT2D eigenvalue weighted by atomic mass is 32.1. The smallest absolute Gasteiger partial charge is 0.227 e. The van der Waals surface area contributed by atoms with Crippen LogP contribution in [0.25, 0.3) is 11.4 Å². The standard InChI is InChI=1S/C22H23N5O2S/c1-15-4-2-5-16(14-15)21-24-25-22(30)27(21)13-11-19(28)23-17-7-9-18(10-8-17)26-12-3-6-20(26)29/h2,4-5,7-10,14H,3,6,11-13H2,1H3,(H,23,28)(H,25,30). The van der Waals surface area contributed by atoms with Crippen molar-refractivity contribution < 1.29 is 9.59 Å². The fraction of sp³-hybridized carbons (Fsp3) is 0.273. The van der Waals surface area contributed by atoms with Gasteiger partial charge in [-0.15, -0.1) is 0 Å². The highest BCUT2D eigenvalue weighted by Gasteiger charge is 2.21. The summed E-state index contributed by atoms with van der Waals surface area (Å²) in [5, 5.41) is 10.0. The Kier molecular flexibility index (Phi) is 5.76. The lowest BCUT2D eigenvalue weighted by atomic mass is 10.1. The van der Waals surface area contributed by atoms with Crippen LogP contribution < -0.4 is 10.2 Å². The van der Waals surface area contributed by atoms with Crippen LogP contribution in [0.3, 0.4) is 0 Å². The lowest BCUT2D eigenvalue weighted by Crippen LogP contribution is -2.23. The van der Waals surface area contributed by atoms with Gasteiger partial charge in [-0.2, -0.15) is 5.10 Å². The molecule has 1 aromatic heterocycles. The number of nitrogens with zero attached hydrogens (tertiary/aromatic N) is 3. The predicted octanol–water partition coefficient (Wildman–Crippen LogP) is 4.07. The van der Waals surface area contributed by atoms with Gasteiger partial charge in [0.2, 0.25) is 11.8 Å². The molecule has 1 aliphatic rings. The van der Waals surface area contributed by atoms with Gasteiger partial charge in [0.25, 0.3) is 0 Å². The van der Waals surface area contributed by atoms with Crippen molar-refractivity contribution >= 4 is 35.4 Å². The topological polar surface area (TPSA) is 83.0 Å². The Labute approximate surface area is 179 Å². The monoisotopic (exact) mass is 421 g/mol. The molecule has 2 aromatic carbocycles. The summed E-state index contributed by atoms with van der Waals surface area (Å²) in [7, 11) is 0. The van der Waals surface area contributed by atoms with Crippen LogP contribution in [0, 0.1) is 11.7 Å². The lowest BCUT2D eigenvalue weighted by Gasteiger charge is -2.16. The minimum Gasteiger partial charge on any atom is -0.326 e. The molecule has 8 heteroatoms. The van der Waals surface area contributed by atoms with E-state index in [0.717, 1.165) is 35.6 Å². The largest absolute Gasteiger partial charge is 0.326 e. The number of benzene rings is 2. The Hall–Kier alpha value is -3.26. The average Bonchev–Trinajstić information content (AvgIpc) is 3.32. The average molecular weight is 422 g/mol. The molecule has 0 spiro atoms. The fourth-order valence-corrected chi connectivity index (χ4v) is 3.84. The molecule has 1 saturated heterocycles. The summed E-state index contributed by atoms with van der Waals surface area (Å²) in [4.78, 5) is 26.1. The third kappa shape index (κ3) is 4.33. The molecule has 2 amide bonds. The third-order valence-electron chi connectivity index (χ3n) is 5.13. The minimum absolute atomic E-state index is 0.113. The van der Waals surface area contributed by atoms with Crippen molar-refractivity contribution in [3.05, 3.63) is 58.9 Å². The lowest BCUT2D eigenvalue weighted by molar-refractivity contribution is -0.117. The van der Waals surface area contributed by atoms with E-state index >= 15 is 0 Å². The molecule has 1 fully saturated rings. The van der Waals surface area contributed by atoms with Crippen LogP contribution in [0.1, 0.15) is 24.8 Å². The minimum atomic E-state index is -0.113. The van der Waals surface area contributed by atoms with Crippen LogP contribution in [-0.2, 0) is 16.1 Å². The number of aryl methyl sites for hydroxylation is 1. The summed E-state index contributed by atoms with van der Waals surface area (Å²) >= 11 is 5.34. The first-order valence-electron chi connectivity index (χ1n) is 9.94. The zero-order valence-electron chi connectivity index (χ0n) is 16.7. The first-order valence-corrected chi connectivity index (χ1v) is 10.3. The number of hydrogen-bond donors (Lipinski definition) is 2. The van der Waals surface area contributed by atoms with E-state index < -0.39 is 0 Å². The Morgan fingerprint density at radius 1 is 1.23 bits per heavy atom. The molecule has 0 atom stereocenters. The van der Waals surface area contributed by atoms with E-state index in [4.69, 9.17) is 12.2 Å². The van der Waals surface area contributed by atoms with E-state index in [9.17, 15) is 9.59 Å². The number of anilines is 2. The third-order valence-corrected chi connectivity index (χ3v) is 5.44. The van der Waals surface area contributed by atoms with E-state index in [1.54, 1.807) is 4.90 Å². The number of nitrogens with one attached hydrogen (secondary N) is 2. The number of aromatic nitrogens is 3. The molecular weight excluding hydrogens is 398 g/mol. The number of H-pyrrole nitrogens is 1. The van der Waals surface area contributed by atoms with Crippen molar-refractivity contribution in [2.75, 3.05) is 16.8 Å².